The lowest BCUT2D eigenvalue weighted by molar-refractivity contribution is -0.116. The van der Waals surface area contributed by atoms with Gasteiger partial charge in [-0.25, -0.2) is 4.39 Å². The average molecular weight is 344 g/mol. The second-order valence-corrected chi connectivity index (χ2v) is 5.92. The number of rotatable bonds is 7. The Labute approximate surface area is 144 Å². The summed E-state index contributed by atoms with van der Waals surface area (Å²) < 4.78 is 18.2. The van der Waals surface area contributed by atoms with Crippen molar-refractivity contribution in [3.05, 3.63) is 54.3 Å². The van der Waals surface area contributed by atoms with Gasteiger partial charge in [0, 0.05) is 11.4 Å². The van der Waals surface area contributed by atoms with Crippen LogP contribution in [-0.2, 0) is 4.79 Å². The Kier molecular flexibility index (Phi) is 6.64. The molecule has 2 rings (SSSR count). The SMILES string of the molecule is COc1ccccc1N(CCC#N)C(=O)CSc1ccc(F)cc1. The molecule has 0 atom stereocenters. The predicted molar refractivity (Wildman–Crippen MR) is 92.7 cm³/mol. The van der Waals surface area contributed by atoms with Crippen LogP contribution in [0.5, 0.6) is 5.75 Å². The number of carbonyl (C=O) groups is 1. The standard InChI is InChI=1S/C18H17FN2O2S/c1-23-17-6-3-2-5-16(17)21(12-4-11-20)18(22)13-24-15-9-7-14(19)8-10-15/h2-3,5-10H,4,12-13H2,1H3. The molecular formula is C18H17FN2O2S. The summed E-state index contributed by atoms with van der Waals surface area (Å²) in [5.41, 5.74) is 0.639. The topological polar surface area (TPSA) is 53.3 Å². The van der Waals surface area contributed by atoms with Gasteiger partial charge in [0.15, 0.2) is 0 Å². The quantitative estimate of drug-likeness (QED) is 0.716. The normalized spacial score (nSPS) is 10.0. The minimum Gasteiger partial charge on any atom is -0.495 e. The van der Waals surface area contributed by atoms with Gasteiger partial charge in [-0.3, -0.25) is 4.79 Å². The monoisotopic (exact) mass is 344 g/mol. The van der Waals surface area contributed by atoms with Crippen LogP contribution in [0.3, 0.4) is 0 Å². The fourth-order valence-electron chi connectivity index (χ4n) is 2.15. The Bertz CT molecular complexity index is 729. The zero-order valence-electron chi connectivity index (χ0n) is 13.2. The molecule has 0 aliphatic carbocycles. The lowest BCUT2D eigenvalue weighted by Gasteiger charge is -2.23. The van der Waals surface area contributed by atoms with Crippen molar-refractivity contribution in [1.82, 2.24) is 0 Å². The van der Waals surface area contributed by atoms with Crippen LogP contribution in [0, 0.1) is 17.1 Å². The molecule has 0 heterocycles. The molecule has 0 spiro atoms. The Balaban J connectivity index is 2.13. The number of amides is 1. The van der Waals surface area contributed by atoms with Gasteiger partial charge in [0.2, 0.25) is 5.91 Å². The molecule has 0 saturated carbocycles. The number of nitrogens with zero attached hydrogens (tertiary/aromatic N) is 2. The zero-order valence-corrected chi connectivity index (χ0v) is 14.1. The fourth-order valence-corrected chi connectivity index (χ4v) is 2.92. The van der Waals surface area contributed by atoms with Crippen molar-refractivity contribution < 1.29 is 13.9 Å². The van der Waals surface area contributed by atoms with Gasteiger partial charge in [-0.1, -0.05) is 12.1 Å². The molecule has 0 bridgehead atoms. The molecule has 0 aliphatic heterocycles. The maximum absolute atomic E-state index is 12.9. The molecular weight excluding hydrogens is 327 g/mol. The van der Waals surface area contributed by atoms with E-state index in [1.165, 1.54) is 23.9 Å². The number of benzene rings is 2. The number of ether oxygens (including phenoxy) is 1. The summed E-state index contributed by atoms with van der Waals surface area (Å²) in [6.45, 7) is 0.291. The van der Waals surface area contributed by atoms with E-state index in [1.54, 1.807) is 36.3 Å². The highest BCUT2D eigenvalue weighted by atomic mass is 32.2. The molecule has 2 aromatic rings. The smallest absolute Gasteiger partial charge is 0.237 e. The van der Waals surface area contributed by atoms with Crippen LogP contribution in [0.4, 0.5) is 10.1 Å². The van der Waals surface area contributed by atoms with Crippen LogP contribution in [0.15, 0.2) is 53.4 Å². The number of para-hydroxylation sites is 2. The molecule has 124 valence electrons. The van der Waals surface area contributed by atoms with Crippen molar-refractivity contribution in [3.63, 3.8) is 0 Å². The molecule has 1 amide bonds. The molecule has 0 unspecified atom stereocenters. The number of nitriles is 1. The maximum Gasteiger partial charge on any atom is 0.237 e. The average Bonchev–Trinajstić information content (AvgIpc) is 2.62. The molecule has 4 nitrogen and oxygen atoms in total. The predicted octanol–water partition coefficient (Wildman–Crippen LogP) is 3.87. The fraction of sp³-hybridized carbons (Fsp3) is 0.222. The van der Waals surface area contributed by atoms with Crippen molar-refractivity contribution in [1.29, 1.82) is 5.26 Å². The van der Waals surface area contributed by atoms with Crippen LogP contribution in [0.25, 0.3) is 0 Å². The second kappa shape index (κ2) is 8.94. The first kappa shape index (κ1) is 17.8. The Morgan fingerprint density at radius 1 is 1.25 bits per heavy atom. The van der Waals surface area contributed by atoms with E-state index in [9.17, 15) is 9.18 Å². The summed E-state index contributed by atoms with van der Waals surface area (Å²) >= 11 is 1.33. The van der Waals surface area contributed by atoms with E-state index in [0.717, 1.165) is 4.90 Å². The molecule has 0 aromatic heterocycles. The number of halogens is 1. The molecule has 0 N–H and O–H groups in total. The third-order valence-corrected chi connectivity index (χ3v) is 4.30. The summed E-state index contributed by atoms with van der Waals surface area (Å²) in [6.07, 6.45) is 0.227. The lowest BCUT2D eigenvalue weighted by Crippen LogP contribution is -2.33. The number of carbonyl (C=O) groups excluding carboxylic acids is 1. The number of methoxy groups -OCH3 is 1. The molecule has 24 heavy (non-hydrogen) atoms. The van der Waals surface area contributed by atoms with Gasteiger partial charge < -0.3 is 9.64 Å². The first-order valence-electron chi connectivity index (χ1n) is 7.34. The lowest BCUT2D eigenvalue weighted by atomic mass is 10.2. The van der Waals surface area contributed by atoms with Gasteiger partial charge in [-0.2, -0.15) is 5.26 Å². The van der Waals surface area contributed by atoms with Crippen molar-refractivity contribution in [3.8, 4) is 11.8 Å². The molecule has 2 aromatic carbocycles. The first-order chi connectivity index (χ1) is 11.7. The van der Waals surface area contributed by atoms with Crippen molar-refractivity contribution >= 4 is 23.4 Å². The van der Waals surface area contributed by atoms with Crippen molar-refractivity contribution in [2.45, 2.75) is 11.3 Å². The van der Waals surface area contributed by atoms with Crippen molar-refractivity contribution in [2.75, 3.05) is 24.3 Å². The van der Waals surface area contributed by atoms with Crippen LogP contribution < -0.4 is 9.64 Å². The second-order valence-electron chi connectivity index (χ2n) is 4.87. The van der Waals surface area contributed by atoms with E-state index >= 15 is 0 Å². The largest absolute Gasteiger partial charge is 0.495 e. The van der Waals surface area contributed by atoms with E-state index in [-0.39, 0.29) is 23.9 Å². The number of hydrogen-bond donors (Lipinski definition) is 0. The highest BCUT2D eigenvalue weighted by Gasteiger charge is 2.19. The van der Waals surface area contributed by atoms with Gasteiger partial charge in [-0.05, 0) is 36.4 Å². The Morgan fingerprint density at radius 2 is 1.96 bits per heavy atom. The van der Waals surface area contributed by atoms with E-state index in [1.807, 2.05) is 12.1 Å². The molecule has 0 aliphatic rings. The number of hydrogen-bond acceptors (Lipinski definition) is 4. The summed E-state index contributed by atoms with van der Waals surface area (Å²) in [4.78, 5) is 15.0. The molecule has 0 saturated heterocycles. The Morgan fingerprint density at radius 3 is 2.62 bits per heavy atom. The first-order valence-corrected chi connectivity index (χ1v) is 8.33. The summed E-state index contributed by atoms with van der Waals surface area (Å²) in [5.74, 6) is 0.324. The maximum atomic E-state index is 12.9. The van der Waals surface area contributed by atoms with E-state index in [0.29, 0.717) is 18.0 Å². The Hall–Kier alpha value is -2.52. The minimum atomic E-state index is -0.310. The summed E-state index contributed by atoms with van der Waals surface area (Å²) in [6, 6.07) is 15.3. The van der Waals surface area contributed by atoms with E-state index in [4.69, 9.17) is 10.00 Å². The van der Waals surface area contributed by atoms with Gasteiger partial charge in [-0.15, -0.1) is 11.8 Å². The van der Waals surface area contributed by atoms with E-state index < -0.39 is 0 Å². The summed E-state index contributed by atoms with van der Waals surface area (Å²) in [7, 11) is 1.54. The third-order valence-electron chi connectivity index (χ3n) is 3.30. The highest BCUT2D eigenvalue weighted by Crippen LogP contribution is 2.29. The van der Waals surface area contributed by atoms with Crippen LogP contribution in [0.1, 0.15) is 6.42 Å². The van der Waals surface area contributed by atoms with Gasteiger partial charge >= 0.3 is 0 Å². The van der Waals surface area contributed by atoms with E-state index in [2.05, 4.69) is 6.07 Å². The number of anilines is 1. The van der Waals surface area contributed by atoms with Gasteiger partial charge in [0.25, 0.3) is 0 Å². The van der Waals surface area contributed by atoms with Crippen LogP contribution in [-0.4, -0.2) is 25.3 Å². The molecule has 0 fully saturated rings. The van der Waals surface area contributed by atoms with Gasteiger partial charge in [0.05, 0.1) is 31.0 Å². The van der Waals surface area contributed by atoms with Crippen LogP contribution in [0.2, 0.25) is 0 Å². The van der Waals surface area contributed by atoms with Crippen molar-refractivity contribution in [2.24, 2.45) is 0 Å². The number of thioether (sulfide) groups is 1. The third kappa shape index (κ3) is 4.74. The zero-order chi connectivity index (χ0) is 17.4. The molecule has 6 heteroatoms. The minimum absolute atomic E-state index is 0.135. The van der Waals surface area contributed by atoms with Gasteiger partial charge in [0.1, 0.15) is 11.6 Å². The molecule has 0 radical (unpaired) electrons. The van der Waals surface area contributed by atoms with Crippen LogP contribution >= 0.6 is 11.8 Å². The summed E-state index contributed by atoms with van der Waals surface area (Å²) in [5, 5.41) is 8.84. The highest BCUT2D eigenvalue weighted by molar-refractivity contribution is 8.00.